The zero-order chi connectivity index (χ0) is 14.1. The number of hydrogen-bond acceptors (Lipinski definition) is 4. The molecule has 0 amide bonds. The van der Waals surface area contributed by atoms with Crippen molar-refractivity contribution in [2.45, 2.75) is 19.3 Å². The van der Waals surface area contributed by atoms with Crippen LogP contribution in [0.5, 0.6) is 5.75 Å². The van der Waals surface area contributed by atoms with Crippen LogP contribution in [0.25, 0.3) is 11.4 Å². The average molecular weight is 270 g/mol. The number of nitrogens with zero attached hydrogens (tertiary/aromatic N) is 2. The largest absolute Gasteiger partial charge is 0.508 e. The number of hydrogen-bond donors (Lipinski definition) is 2. The fourth-order valence-electron chi connectivity index (χ4n) is 2.50. The van der Waals surface area contributed by atoms with Crippen molar-refractivity contribution in [2.24, 2.45) is 5.92 Å². The monoisotopic (exact) mass is 270 g/mol. The highest BCUT2D eigenvalue weighted by Gasteiger charge is 2.25. The minimum Gasteiger partial charge on any atom is -0.508 e. The molecular weight excluding hydrogens is 256 g/mol. The van der Waals surface area contributed by atoms with Crippen molar-refractivity contribution in [3.63, 3.8) is 0 Å². The van der Waals surface area contributed by atoms with Crippen molar-refractivity contribution in [1.29, 1.82) is 0 Å². The lowest BCUT2D eigenvalue weighted by atomic mass is 9.87. The van der Waals surface area contributed by atoms with E-state index in [4.69, 9.17) is 5.11 Å². The molecule has 1 aromatic carbocycles. The molecule has 0 radical (unpaired) electrons. The third kappa shape index (κ3) is 2.34. The number of phenolic OH excluding ortho intramolecular Hbond substituents is 1. The Morgan fingerprint density at radius 1 is 1.35 bits per heavy atom. The Balaban J connectivity index is 1.93. The van der Waals surface area contributed by atoms with E-state index >= 15 is 0 Å². The molecule has 1 aromatic heterocycles. The van der Waals surface area contributed by atoms with Gasteiger partial charge in [-0.15, -0.1) is 0 Å². The van der Waals surface area contributed by atoms with E-state index in [0.717, 1.165) is 16.8 Å². The van der Waals surface area contributed by atoms with Gasteiger partial charge in [-0.1, -0.05) is 12.1 Å². The van der Waals surface area contributed by atoms with Crippen molar-refractivity contribution >= 4 is 5.97 Å². The molecule has 0 fully saturated rings. The lowest BCUT2D eigenvalue weighted by molar-refractivity contribution is -0.142. The van der Waals surface area contributed by atoms with E-state index in [0.29, 0.717) is 25.1 Å². The van der Waals surface area contributed by atoms with Crippen molar-refractivity contribution in [2.75, 3.05) is 0 Å². The lowest BCUT2D eigenvalue weighted by Crippen LogP contribution is -2.23. The topological polar surface area (TPSA) is 83.3 Å². The third-order valence-electron chi connectivity index (χ3n) is 3.60. The number of aromatic nitrogens is 2. The maximum Gasteiger partial charge on any atom is 0.306 e. The molecule has 0 bridgehead atoms. The second kappa shape index (κ2) is 4.92. The summed E-state index contributed by atoms with van der Waals surface area (Å²) in [5.74, 6) is -0.353. The summed E-state index contributed by atoms with van der Waals surface area (Å²) in [5.41, 5.74) is 2.58. The zero-order valence-corrected chi connectivity index (χ0v) is 10.8. The number of phenols is 1. The van der Waals surface area contributed by atoms with Crippen LogP contribution < -0.4 is 0 Å². The number of fused-ring (bicyclic) bond motifs is 1. The molecule has 0 aliphatic heterocycles. The van der Waals surface area contributed by atoms with Crippen molar-refractivity contribution in [3.8, 4) is 17.1 Å². The van der Waals surface area contributed by atoms with E-state index in [1.54, 1.807) is 24.4 Å². The molecule has 5 nitrogen and oxygen atoms in total. The number of carboxylic acids is 1. The van der Waals surface area contributed by atoms with Crippen LogP contribution in [0.2, 0.25) is 0 Å². The molecule has 2 N–H and O–H groups in total. The number of benzene rings is 1. The van der Waals surface area contributed by atoms with E-state index in [9.17, 15) is 9.90 Å². The minimum atomic E-state index is -0.757. The maximum absolute atomic E-state index is 11.0. The average Bonchev–Trinajstić information content (AvgIpc) is 2.46. The van der Waals surface area contributed by atoms with Crippen molar-refractivity contribution in [1.82, 2.24) is 9.97 Å². The van der Waals surface area contributed by atoms with Crippen LogP contribution in [0.4, 0.5) is 0 Å². The van der Waals surface area contributed by atoms with Crippen LogP contribution in [0.15, 0.2) is 30.5 Å². The summed E-state index contributed by atoms with van der Waals surface area (Å²) >= 11 is 0. The van der Waals surface area contributed by atoms with Crippen LogP contribution in [-0.2, 0) is 17.6 Å². The molecule has 1 atom stereocenters. The van der Waals surface area contributed by atoms with E-state index in [1.807, 2.05) is 6.07 Å². The number of aliphatic carboxylic acids is 1. The van der Waals surface area contributed by atoms with Gasteiger partial charge in [-0.25, -0.2) is 9.97 Å². The van der Waals surface area contributed by atoms with E-state index in [1.165, 1.54) is 0 Å². The Hall–Kier alpha value is -2.43. The Morgan fingerprint density at radius 3 is 2.95 bits per heavy atom. The highest BCUT2D eigenvalue weighted by Crippen LogP contribution is 2.26. The van der Waals surface area contributed by atoms with Gasteiger partial charge in [0.25, 0.3) is 0 Å². The minimum absolute atomic E-state index is 0.176. The Morgan fingerprint density at radius 2 is 2.20 bits per heavy atom. The summed E-state index contributed by atoms with van der Waals surface area (Å²) in [7, 11) is 0. The molecule has 1 aliphatic rings. The number of carboxylic acid groups (broad SMARTS) is 1. The maximum atomic E-state index is 11.0. The second-order valence-corrected chi connectivity index (χ2v) is 4.99. The zero-order valence-electron chi connectivity index (χ0n) is 10.8. The van der Waals surface area contributed by atoms with Gasteiger partial charge in [-0.3, -0.25) is 4.79 Å². The summed E-state index contributed by atoms with van der Waals surface area (Å²) in [5, 5.41) is 18.5. The highest BCUT2D eigenvalue weighted by atomic mass is 16.4. The van der Waals surface area contributed by atoms with Gasteiger partial charge in [0, 0.05) is 17.5 Å². The van der Waals surface area contributed by atoms with Gasteiger partial charge in [0.15, 0.2) is 5.82 Å². The molecule has 2 aromatic rings. The number of aryl methyl sites for hydroxylation is 1. The SMILES string of the molecule is O=C(O)C1CCc2nc(-c3cccc(O)c3)ncc2C1. The van der Waals surface area contributed by atoms with E-state index < -0.39 is 5.97 Å². The van der Waals surface area contributed by atoms with Gasteiger partial charge >= 0.3 is 5.97 Å². The molecule has 20 heavy (non-hydrogen) atoms. The van der Waals surface area contributed by atoms with Crippen LogP contribution in [0.3, 0.4) is 0 Å². The van der Waals surface area contributed by atoms with Gasteiger partial charge in [0.1, 0.15) is 5.75 Å². The predicted molar refractivity (Wildman–Crippen MR) is 72.3 cm³/mol. The summed E-state index contributed by atoms with van der Waals surface area (Å²) in [4.78, 5) is 19.8. The molecule has 5 heteroatoms. The summed E-state index contributed by atoms with van der Waals surface area (Å²) in [6.07, 6.45) is 3.46. The van der Waals surface area contributed by atoms with Crippen molar-refractivity contribution < 1.29 is 15.0 Å². The van der Waals surface area contributed by atoms with E-state index in [2.05, 4.69) is 9.97 Å². The smallest absolute Gasteiger partial charge is 0.306 e. The molecule has 1 heterocycles. The van der Waals surface area contributed by atoms with Gasteiger partial charge in [0.05, 0.1) is 5.92 Å². The Kier molecular flexibility index (Phi) is 3.10. The summed E-state index contributed by atoms with van der Waals surface area (Å²) in [6, 6.07) is 6.79. The van der Waals surface area contributed by atoms with Crippen LogP contribution >= 0.6 is 0 Å². The first kappa shape index (κ1) is 12.6. The molecule has 0 saturated heterocycles. The second-order valence-electron chi connectivity index (χ2n) is 4.99. The van der Waals surface area contributed by atoms with Gasteiger partial charge in [-0.2, -0.15) is 0 Å². The lowest BCUT2D eigenvalue weighted by Gasteiger charge is -2.20. The summed E-state index contributed by atoms with van der Waals surface area (Å²) < 4.78 is 0. The molecule has 1 aliphatic carbocycles. The molecule has 102 valence electrons. The van der Waals surface area contributed by atoms with Crippen LogP contribution in [0.1, 0.15) is 17.7 Å². The fourth-order valence-corrected chi connectivity index (χ4v) is 2.50. The first-order valence-corrected chi connectivity index (χ1v) is 6.50. The normalized spacial score (nSPS) is 17.5. The fraction of sp³-hybridized carbons (Fsp3) is 0.267. The van der Waals surface area contributed by atoms with Gasteiger partial charge < -0.3 is 10.2 Å². The number of rotatable bonds is 2. The van der Waals surface area contributed by atoms with Crippen LogP contribution in [0, 0.1) is 5.92 Å². The van der Waals surface area contributed by atoms with Crippen molar-refractivity contribution in [3.05, 3.63) is 41.7 Å². The Bertz CT molecular complexity index is 670. The standard InChI is InChI=1S/C15H14N2O3/c18-12-3-1-2-9(7-12)14-16-8-11-6-10(15(19)20)4-5-13(11)17-14/h1-3,7-8,10,18H,4-6H2,(H,19,20). The molecular formula is C15H14N2O3. The molecule has 0 saturated carbocycles. The molecule has 1 unspecified atom stereocenters. The summed E-state index contributed by atoms with van der Waals surface area (Å²) in [6.45, 7) is 0. The van der Waals surface area contributed by atoms with Gasteiger partial charge in [0.2, 0.25) is 0 Å². The Labute approximate surface area is 115 Å². The number of aromatic hydroxyl groups is 1. The first-order chi connectivity index (χ1) is 9.63. The molecule has 3 rings (SSSR count). The molecule has 0 spiro atoms. The van der Waals surface area contributed by atoms with Gasteiger partial charge in [-0.05, 0) is 37.0 Å². The van der Waals surface area contributed by atoms with E-state index in [-0.39, 0.29) is 11.7 Å². The number of carbonyl (C=O) groups is 1. The van der Waals surface area contributed by atoms with Crippen LogP contribution in [-0.4, -0.2) is 26.2 Å². The quantitative estimate of drug-likeness (QED) is 0.872. The predicted octanol–water partition coefficient (Wildman–Crippen LogP) is 2.04. The first-order valence-electron chi connectivity index (χ1n) is 6.50. The highest BCUT2D eigenvalue weighted by molar-refractivity contribution is 5.71. The third-order valence-corrected chi connectivity index (χ3v) is 3.60.